The van der Waals surface area contributed by atoms with Crippen molar-refractivity contribution >= 4 is 11.6 Å². The van der Waals surface area contributed by atoms with E-state index in [0.29, 0.717) is 22.9 Å². The Balaban J connectivity index is 2.28. The largest absolute Gasteiger partial charge is 0.325 e. The second kappa shape index (κ2) is 5.65. The Labute approximate surface area is 126 Å². The third-order valence-electron chi connectivity index (χ3n) is 4.66. The minimum Gasteiger partial charge on any atom is -0.325 e. The standard InChI is InChI=1S/C17H25ClFN/c1-16(2,3)15-6-4-5-9-17(15,20)11-12-7-8-13(18)10-14(12)19/h7-8,10,15H,4-6,9,11,20H2,1-3H3. The van der Waals surface area contributed by atoms with Gasteiger partial charge in [0.15, 0.2) is 0 Å². The fourth-order valence-corrected chi connectivity index (χ4v) is 3.95. The van der Waals surface area contributed by atoms with Gasteiger partial charge >= 0.3 is 0 Å². The molecule has 0 amide bonds. The van der Waals surface area contributed by atoms with Crippen LogP contribution < -0.4 is 5.73 Å². The van der Waals surface area contributed by atoms with Gasteiger partial charge in [0.2, 0.25) is 0 Å². The van der Waals surface area contributed by atoms with Crippen LogP contribution in [0.3, 0.4) is 0 Å². The van der Waals surface area contributed by atoms with Crippen molar-refractivity contribution in [2.75, 3.05) is 0 Å². The summed E-state index contributed by atoms with van der Waals surface area (Å²) in [5.74, 6) is 0.180. The van der Waals surface area contributed by atoms with E-state index in [1.54, 1.807) is 12.1 Å². The molecular formula is C17H25ClFN. The summed E-state index contributed by atoms with van der Waals surface area (Å²) < 4.78 is 14.1. The summed E-state index contributed by atoms with van der Waals surface area (Å²) >= 11 is 5.82. The van der Waals surface area contributed by atoms with Gasteiger partial charge in [-0.15, -0.1) is 0 Å². The van der Waals surface area contributed by atoms with Crippen LogP contribution in [0.15, 0.2) is 18.2 Å². The summed E-state index contributed by atoms with van der Waals surface area (Å²) in [5, 5.41) is 0.438. The highest BCUT2D eigenvalue weighted by atomic mass is 35.5. The fraction of sp³-hybridized carbons (Fsp3) is 0.647. The van der Waals surface area contributed by atoms with Crippen LogP contribution in [0.25, 0.3) is 0 Å². The zero-order valence-corrected chi connectivity index (χ0v) is 13.4. The van der Waals surface area contributed by atoms with Crippen molar-refractivity contribution in [3.63, 3.8) is 0 Å². The Bertz CT molecular complexity index is 480. The van der Waals surface area contributed by atoms with Crippen molar-refractivity contribution in [1.82, 2.24) is 0 Å². The molecule has 0 bridgehead atoms. The molecule has 0 heterocycles. The molecule has 2 N–H and O–H groups in total. The van der Waals surface area contributed by atoms with E-state index in [4.69, 9.17) is 17.3 Å². The maximum Gasteiger partial charge on any atom is 0.127 e. The van der Waals surface area contributed by atoms with Crippen molar-refractivity contribution in [2.45, 2.75) is 58.4 Å². The molecule has 0 saturated heterocycles. The molecule has 3 heteroatoms. The fourth-order valence-electron chi connectivity index (χ4n) is 3.79. The van der Waals surface area contributed by atoms with Gasteiger partial charge in [0.25, 0.3) is 0 Å². The van der Waals surface area contributed by atoms with Gasteiger partial charge in [-0.3, -0.25) is 0 Å². The molecule has 1 aromatic carbocycles. The molecule has 0 spiro atoms. The molecule has 2 rings (SSSR count). The molecule has 0 radical (unpaired) electrons. The minimum absolute atomic E-state index is 0.151. The molecule has 1 aromatic rings. The van der Waals surface area contributed by atoms with Gasteiger partial charge in [0.05, 0.1) is 0 Å². The zero-order valence-electron chi connectivity index (χ0n) is 12.7. The molecule has 1 aliphatic carbocycles. The number of halogens is 2. The second-order valence-corrected chi connectivity index (χ2v) is 7.75. The van der Waals surface area contributed by atoms with Gasteiger partial charge in [-0.2, -0.15) is 0 Å². The first-order valence-corrected chi connectivity index (χ1v) is 7.83. The number of benzene rings is 1. The van der Waals surface area contributed by atoms with E-state index in [-0.39, 0.29) is 16.8 Å². The van der Waals surface area contributed by atoms with Crippen LogP contribution in [0.5, 0.6) is 0 Å². The van der Waals surface area contributed by atoms with Crippen molar-refractivity contribution in [3.05, 3.63) is 34.6 Å². The van der Waals surface area contributed by atoms with E-state index in [9.17, 15) is 4.39 Å². The lowest BCUT2D eigenvalue weighted by atomic mass is 9.61. The molecule has 2 atom stereocenters. The quantitative estimate of drug-likeness (QED) is 0.820. The summed E-state index contributed by atoms with van der Waals surface area (Å²) in [7, 11) is 0. The summed E-state index contributed by atoms with van der Waals surface area (Å²) in [5.41, 5.74) is 7.25. The normalized spacial score (nSPS) is 27.6. The van der Waals surface area contributed by atoms with E-state index >= 15 is 0 Å². The summed E-state index contributed by atoms with van der Waals surface area (Å²) in [6, 6.07) is 4.91. The highest BCUT2D eigenvalue weighted by Gasteiger charge is 2.43. The van der Waals surface area contributed by atoms with Gasteiger partial charge in [-0.05, 0) is 48.3 Å². The van der Waals surface area contributed by atoms with Crippen molar-refractivity contribution in [1.29, 1.82) is 0 Å². The first kappa shape index (κ1) is 15.8. The molecule has 112 valence electrons. The number of rotatable bonds is 2. The summed E-state index contributed by atoms with van der Waals surface area (Å²) in [6.45, 7) is 6.72. The first-order chi connectivity index (χ1) is 9.22. The Kier molecular flexibility index (Phi) is 4.46. The molecular weight excluding hydrogens is 273 g/mol. The molecule has 20 heavy (non-hydrogen) atoms. The third-order valence-corrected chi connectivity index (χ3v) is 4.89. The molecule has 1 fully saturated rings. The average molecular weight is 298 g/mol. The van der Waals surface area contributed by atoms with Crippen molar-refractivity contribution in [2.24, 2.45) is 17.1 Å². The lowest BCUT2D eigenvalue weighted by molar-refractivity contribution is 0.0787. The van der Waals surface area contributed by atoms with E-state index < -0.39 is 0 Å². The van der Waals surface area contributed by atoms with Crippen LogP contribution in [0.1, 0.15) is 52.0 Å². The van der Waals surface area contributed by atoms with E-state index in [0.717, 1.165) is 19.3 Å². The zero-order chi connectivity index (χ0) is 15.0. The maximum atomic E-state index is 14.1. The second-order valence-electron chi connectivity index (χ2n) is 7.31. The van der Waals surface area contributed by atoms with Crippen molar-refractivity contribution < 1.29 is 4.39 Å². The van der Waals surface area contributed by atoms with Gasteiger partial charge < -0.3 is 5.73 Å². The Morgan fingerprint density at radius 3 is 2.65 bits per heavy atom. The Morgan fingerprint density at radius 2 is 2.05 bits per heavy atom. The highest BCUT2D eigenvalue weighted by molar-refractivity contribution is 6.30. The first-order valence-electron chi connectivity index (χ1n) is 7.45. The Hall–Kier alpha value is -0.600. The Morgan fingerprint density at radius 1 is 1.35 bits per heavy atom. The average Bonchev–Trinajstić information content (AvgIpc) is 2.32. The van der Waals surface area contributed by atoms with Gasteiger partial charge in [0.1, 0.15) is 5.82 Å². The van der Waals surface area contributed by atoms with Crippen LogP contribution in [-0.4, -0.2) is 5.54 Å². The summed E-state index contributed by atoms with van der Waals surface area (Å²) in [4.78, 5) is 0. The SMILES string of the molecule is CC(C)(C)C1CCCCC1(N)Cc1ccc(Cl)cc1F. The van der Waals surface area contributed by atoms with Gasteiger partial charge in [-0.25, -0.2) is 4.39 Å². The number of hydrogen-bond acceptors (Lipinski definition) is 1. The molecule has 1 nitrogen and oxygen atoms in total. The van der Waals surface area contributed by atoms with Crippen LogP contribution in [0, 0.1) is 17.2 Å². The number of hydrogen-bond donors (Lipinski definition) is 1. The lowest BCUT2D eigenvalue weighted by Gasteiger charge is -2.48. The van der Waals surface area contributed by atoms with E-state index in [2.05, 4.69) is 20.8 Å². The third kappa shape index (κ3) is 3.35. The number of nitrogens with two attached hydrogens (primary N) is 1. The van der Waals surface area contributed by atoms with Gasteiger partial charge in [-0.1, -0.05) is 51.3 Å². The van der Waals surface area contributed by atoms with Crippen LogP contribution in [0.2, 0.25) is 5.02 Å². The molecule has 2 unspecified atom stereocenters. The predicted molar refractivity (Wildman–Crippen MR) is 83.4 cm³/mol. The molecule has 1 saturated carbocycles. The van der Waals surface area contributed by atoms with E-state index in [1.165, 1.54) is 12.5 Å². The maximum absolute atomic E-state index is 14.1. The summed E-state index contributed by atoms with van der Waals surface area (Å²) in [6.07, 6.45) is 5.06. The van der Waals surface area contributed by atoms with E-state index in [1.807, 2.05) is 0 Å². The topological polar surface area (TPSA) is 26.0 Å². The molecule has 0 aromatic heterocycles. The highest BCUT2D eigenvalue weighted by Crippen LogP contribution is 2.44. The minimum atomic E-state index is -0.314. The lowest BCUT2D eigenvalue weighted by Crippen LogP contribution is -2.55. The van der Waals surface area contributed by atoms with Crippen molar-refractivity contribution in [3.8, 4) is 0 Å². The van der Waals surface area contributed by atoms with Crippen LogP contribution >= 0.6 is 11.6 Å². The molecule has 0 aliphatic heterocycles. The smallest absolute Gasteiger partial charge is 0.127 e. The van der Waals surface area contributed by atoms with Gasteiger partial charge in [0, 0.05) is 10.6 Å². The predicted octanol–water partition coefficient (Wildman–Crippen LogP) is 4.96. The monoisotopic (exact) mass is 297 g/mol. The van der Waals surface area contributed by atoms with Crippen LogP contribution in [0.4, 0.5) is 4.39 Å². The molecule has 1 aliphatic rings. The van der Waals surface area contributed by atoms with Crippen LogP contribution in [-0.2, 0) is 6.42 Å².